The van der Waals surface area contributed by atoms with Gasteiger partial charge in [-0.1, -0.05) is 13.3 Å². The molecule has 2 N–H and O–H groups in total. The van der Waals surface area contributed by atoms with Gasteiger partial charge in [0, 0.05) is 0 Å². The van der Waals surface area contributed by atoms with Crippen molar-refractivity contribution in [2.24, 2.45) is 5.92 Å². The van der Waals surface area contributed by atoms with E-state index in [0.29, 0.717) is 5.92 Å². The first-order valence-corrected chi connectivity index (χ1v) is 3.70. The number of nitrogens with one attached hydrogen (secondary N) is 1. The zero-order chi connectivity index (χ0) is 7.56. The molecule has 0 aromatic rings. The van der Waals surface area contributed by atoms with Gasteiger partial charge in [-0.3, -0.25) is 4.79 Å². The average Bonchev–Trinajstić information content (AvgIpc) is 2.34. The summed E-state index contributed by atoms with van der Waals surface area (Å²) in [5.41, 5.74) is 0. The third kappa shape index (κ3) is 2.67. The van der Waals surface area contributed by atoms with Crippen molar-refractivity contribution in [2.75, 3.05) is 6.54 Å². The molecule has 0 spiro atoms. The second-order valence-electron chi connectivity index (χ2n) is 2.81. The maximum Gasteiger partial charge on any atom is 0.320 e. The molecule has 0 radical (unpaired) electrons. The summed E-state index contributed by atoms with van der Waals surface area (Å²) >= 11 is 0. The maximum absolute atomic E-state index is 10.4. The van der Waals surface area contributed by atoms with Crippen LogP contribution in [0.2, 0.25) is 0 Å². The van der Waals surface area contributed by atoms with Gasteiger partial charge in [0.25, 0.3) is 0 Å². The fourth-order valence-corrected chi connectivity index (χ4v) is 1.31. The molecule has 1 aliphatic rings. The largest absolute Gasteiger partial charge is 0.480 e. The third-order valence-corrected chi connectivity index (χ3v) is 2.10. The normalized spacial score (nSPS) is 29.5. The quantitative estimate of drug-likeness (QED) is 0.662. The van der Waals surface area contributed by atoms with Crippen molar-refractivity contribution in [3.63, 3.8) is 0 Å². The molecule has 66 valence electrons. The Morgan fingerprint density at radius 2 is 2.36 bits per heavy atom. The van der Waals surface area contributed by atoms with Crippen LogP contribution >= 0.6 is 12.4 Å². The highest BCUT2D eigenvalue weighted by Crippen LogP contribution is 2.16. The van der Waals surface area contributed by atoms with E-state index in [1.54, 1.807) is 0 Å². The van der Waals surface area contributed by atoms with E-state index < -0.39 is 5.97 Å². The molecule has 4 heteroatoms. The van der Waals surface area contributed by atoms with Gasteiger partial charge in [0.2, 0.25) is 0 Å². The van der Waals surface area contributed by atoms with E-state index in [4.69, 9.17) is 5.11 Å². The predicted octanol–water partition coefficient (Wildman–Crippen LogP) is 0.881. The van der Waals surface area contributed by atoms with Crippen LogP contribution in [0, 0.1) is 5.92 Å². The van der Waals surface area contributed by atoms with Gasteiger partial charge in [-0.05, 0) is 18.9 Å². The second kappa shape index (κ2) is 4.57. The minimum absolute atomic E-state index is 0. The predicted molar refractivity (Wildman–Crippen MR) is 45.1 cm³/mol. The van der Waals surface area contributed by atoms with Gasteiger partial charge in [0.05, 0.1) is 0 Å². The summed E-state index contributed by atoms with van der Waals surface area (Å²) < 4.78 is 0. The molecule has 1 saturated heterocycles. The van der Waals surface area contributed by atoms with E-state index >= 15 is 0 Å². The number of carboxylic acid groups (broad SMARTS) is 1. The van der Waals surface area contributed by atoms with Crippen molar-refractivity contribution in [1.29, 1.82) is 0 Å². The lowest BCUT2D eigenvalue weighted by Gasteiger charge is -2.02. The van der Waals surface area contributed by atoms with Crippen LogP contribution in [0.3, 0.4) is 0 Å². The molecule has 1 heterocycles. The molecule has 0 saturated carbocycles. The molecular formula is C7H14ClNO2. The van der Waals surface area contributed by atoms with Crippen molar-refractivity contribution in [2.45, 2.75) is 25.8 Å². The van der Waals surface area contributed by atoms with E-state index in [0.717, 1.165) is 19.4 Å². The van der Waals surface area contributed by atoms with Crippen molar-refractivity contribution in [1.82, 2.24) is 5.32 Å². The summed E-state index contributed by atoms with van der Waals surface area (Å²) in [7, 11) is 0. The van der Waals surface area contributed by atoms with E-state index in [1.165, 1.54) is 0 Å². The van der Waals surface area contributed by atoms with E-state index in [1.807, 2.05) is 0 Å². The molecule has 1 rings (SSSR count). The molecule has 2 atom stereocenters. The van der Waals surface area contributed by atoms with Gasteiger partial charge in [0.1, 0.15) is 6.04 Å². The van der Waals surface area contributed by atoms with E-state index in [-0.39, 0.29) is 18.4 Å². The maximum atomic E-state index is 10.4. The first-order chi connectivity index (χ1) is 4.74. The molecule has 0 bridgehead atoms. The smallest absolute Gasteiger partial charge is 0.320 e. The Kier molecular flexibility index (Phi) is 4.45. The van der Waals surface area contributed by atoms with Gasteiger partial charge in [-0.25, -0.2) is 0 Å². The Hall–Kier alpha value is -0.280. The molecule has 0 aliphatic carbocycles. The Morgan fingerprint density at radius 1 is 1.73 bits per heavy atom. The molecule has 0 amide bonds. The highest BCUT2D eigenvalue weighted by Gasteiger charge is 2.27. The minimum atomic E-state index is -0.712. The summed E-state index contributed by atoms with van der Waals surface area (Å²) in [6.07, 6.45) is 1.88. The van der Waals surface area contributed by atoms with Crippen LogP contribution in [-0.2, 0) is 4.79 Å². The lowest BCUT2D eigenvalue weighted by Crippen LogP contribution is -2.29. The first kappa shape index (κ1) is 10.7. The van der Waals surface area contributed by atoms with Gasteiger partial charge >= 0.3 is 5.97 Å². The topological polar surface area (TPSA) is 49.3 Å². The molecule has 1 fully saturated rings. The fraction of sp³-hybridized carbons (Fsp3) is 0.857. The number of rotatable bonds is 2. The standard InChI is InChI=1S/C7H13NO2.ClH/c1-2-5-3-6(7(9)10)8-4-5;/h5-6,8H,2-4H2,1H3,(H,9,10);1H/t5-,6-;/m0./s1. The molecule has 0 aromatic carbocycles. The number of hydrogen-bond donors (Lipinski definition) is 2. The summed E-state index contributed by atoms with van der Waals surface area (Å²) in [5.74, 6) is -0.142. The van der Waals surface area contributed by atoms with Crippen LogP contribution in [-0.4, -0.2) is 23.7 Å². The average molecular weight is 180 g/mol. The number of carbonyl (C=O) groups is 1. The molecule has 3 nitrogen and oxygen atoms in total. The zero-order valence-corrected chi connectivity index (χ0v) is 7.36. The molecule has 1 aliphatic heterocycles. The monoisotopic (exact) mass is 179 g/mol. The summed E-state index contributed by atoms with van der Waals surface area (Å²) in [5, 5.41) is 11.5. The Bertz CT molecular complexity index is 140. The van der Waals surface area contributed by atoms with E-state index in [2.05, 4.69) is 12.2 Å². The van der Waals surface area contributed by atoms with Crippen molar-refractivity contribution in [3.05, 3.63) is 0 Å². The van der Waals surface area contributed by atoms with Gasteiger partial charge in [-0.15, -0.1) is 12.4 Å². The van der Waals surface area contributed by atoms with Crippen molar-refractivity contribution < 1.29 is 9.90 Å². The number of hydrogen-bond acceptors (Lipinski definition) is 2. The van der Waals surface area contributed by atoms with Crippen molar-refractivity contribution in [3.8, 4) is 0 Å². The van der Waals surface area contributed by atoms with Crippen LogP contribution in [0.4, 0.5) is 0 Å². The second-order valence-corrected chi connectivity index (χ2v) is 2.81. The molecule has 0 aromatic heterocycles. The summed E-state index contributed by atoms with van der Waals surface area (Å²) in [6, 6.07) is -0.287. The van der Waals surface area contributed by atoms with Gasteiger partial charge < -0.3 is 10.4 Å². The molecule has 0 unspecified atom stereocenters. The van der Waals surface area contributed by atoms with Gasteiger partial charge in [0.15, 0.2) is 0 Å². The SMILES string of the molecule is CC[C@@H]1CN[C@H](C(=O)O)C1.Cl. The minimum Gasteiger partial charge on any atom is -0.480 e. The van der Waals surface area contributed by atoms with Crippen LogP contribution < -0.4 is 5.32 Å². The van der Waals surface area contributed by atoms with Crippen molar-refractivity contribution >= 4 is 18.4 Å². The third-order valence-electron chi connectivity index (χ3n) is 2.10. The van der Waals surface area contributed by atoms with Gasteiger partial charge in [-0.2, -0.15) is 0 Å². The Labute approximate surface area is 72.6 Å². The van der Waals surface area contributed by atoms with Crippen LogP contribution in [0.15, 0.2) is 0 Å². The number of halogens is 1. The number of carboxylic acids is 1. The summed E-state index contributed by atoms with van der Waals surface area (Å²) in [6.45, 7) is 2.96. The molecular weight excluding hydrogens is 166 g/mol. The van der Waals surface area contributed by atoms with E-state index in [9.17, 15) is 4.79 Å². The van der Waals surface area contributed by atoms with Crippen LogP contribution in [0.5, 0.6) is 0 Å². The fourth-order valence-electron chi connectivity index (χ4n) is 1.31. The zero-order valence-electron chi connectivity index (χ0n) is 6.54. The highest BCUT2D eigenvalue weighted by molar-refractivity contribution is 5.85. The first-order valence-electron chi connectivity index (χ1n) is 3.70. The van der Waals surface area contributed by atoms with Crippen LogP contribution in [0.25, 0.3) is 0 Å². The summed E-state index contributed by atoms with van der Waals surface area (Å²) in [4.78, 5) is 10.4. The number of aliphatic carboxylic acids is 1. The Balaban J connectivity index is 0.000001000. The lowest BCUT2D eigenvalue weighted by atomic mass is 10.0. The molecule has 11 heavy (non-hydrogen) atoms. The van der Waals surface area contributed by atoms with Crippen LogP contribution in [0.1, 0.15) is 19.8 Å². The Morgan fingerprint density at radius 3 is 2.64 bits per heavy atom. The highest BCUT2D eigenvalue weighted by atomic mass is 35.5. The lowest BCUT2D eigenvalue weighted by molar-refractivity contribution is -0.139.